The molecule has 4 heteroatoms. The fraction of sp³-hybridized carbons (Fsp3) is 0.143. The molecule has 2 aromatic rings. The van der Waals surface area contributed by atoms with Crippen LogP contribution in [0.4, 0.5) is 0 Å². The first-order valence-electron chi connectivity index (χ1n) is 5.59. The molecule has 0 fully saturated rings. The van der Waals surface area contributed by atoms with Gasteiger partial charge in [-0.15, -0.1) is 0 Å². The molecule has 1 aromatic carbocycles. The van der Waals surface area contributed by atoms with Gasteiger partial charge in [0.2, 0.25) is 0 Å². The van der Waals surface area contributed by atoms with Gasteiger partial charge >= 0.3 is 5.97 Å². The van der Waals surface area contributed by atoms with Gasteiger partial charge < -0.3 is 5.11 Å². The second-order valence-corrected chi connectivity index (χ2v) is 4.85. The van der Waals surface area contributed by atoms with Crippen molar-refractivity contribution in [3.8, 4) is 11.3 Å². The topological polar surface area (TPSA) is 50.2 Å². The molecule has 3 nitrogen and oxygen atoms in total. The highest BCUT2D eigenvalue weighted by Crippen LogP contribution is 2.24. The fourth-order valence-corrected chi connectivity index (χ4v) is 2.16. The molecular weight excluding hydrogens is 294 g/mol. The summed E-state index contributed by atoms with van der Waals surface area (Å²) in [7, 11) is 0. The lowest BCUT2D eigenvalue weighted by atomic mass is 10.1. The number of rotatable bonds is 3. The molecule has 0 aliphatic carbocycles. The molecule has 0 aliphatic heterocycles. The Balaban J connectivity index is 2.46. The number of nitrogens with zero attached hydrogens (tertiary/aromatic N) is 1. The fourth-order valence-electron chi connectivity index (χ4n) is 1.67. The van der Waals surface area contributed by atoms with Crippen LogP contribution in [0.5, 0.6) is 0 Å². The molecule has 2 rings (SSSR count). The molecule has 0 bridgehead atoms. The van der Waals surface area contributed by atoms with Crippen molar-refractivity contribution in [1.29, 1.82) is 0 Å². The lowest BCUT2D eigenvalue weighted by Crippen LogP contribution is -1.97. The van der Waals surface area contributed by atoms with Crippen molar-refractivity contribution in [2.75, 3.05) is 0 Å². The Morgan fingerprint density at radius 2 is 2.11 bits per heavy atom. The lowest BCUT2D eigenvalue weighted by Gasteiger charge is -2.05. The molecular formula is C14H12BrNO2. The predicted octanol–water partition coefficient (Wildman–Crippen LogP) is 3.77. The van der Waals surface area contributed by atoms with Crippen LogP contribution < -0.4 is 0 Å². The van der Waals surface area contributed by atoms with E-state index in [4.69, 9.17) is 5.11 Å². The number of aromatic carboxylic acids is 1. The Hall–Kier alpha value is -1.68. The summed E-state index contributed by atoms with van der Waals surface area (Å²) in [6, 6.07) is 8.98. The summed E-state index contributed by atoms with van der Waals surface area (Å²) >= 11 is 3.32. The van der Waals surface area contributed by atoms with Gasteiger partial charge in [-0.3, -0.25) is 4.98 Å². The zero-order chi connectivity index (χ0) is 13.1. The normalized spacial score (nSPS) is 10.3. The molecule has 0 saturated heterocycles. The van der Waals surface area contributed by atoms with Gasteiger partial charge in [0.05, 0.1) is 11.3 Å². The van der Waals surface area contributed by atoms with Crippen LogP contribution in [0, 0.1) is 0 Å². The number of carboxylic acids is 1. The van der Waals surface area contributed by atoms with Crippen LogP contribution in [0.15, 0.2) is 41.0 Å². The zero-order valence-electron chi connectivity index (χ0n) is 9.85. The van der Waals surface area contributed by atoms with Crippen LogP contribution in [0.1, 0.15) is 22.8 Å². The van der Waals surface area contributed by atoms with Crippen LogP contribution >= 0.6 is 15.9 Å². The van der Waals surface area contributed by atoms with Crippen LogP contribution in [0.3, 0.4) is 0 Å². The van der Waals surface area contributed by atoms with Gasteiger partial charge in [0.1, 0.15) is 0 Å². The summed E-state index contributed by atoms with van der Waals surface area (Å²) in [5.74, 6) is -0.942. The molecule has 0 aliphatic rings. The molecule has 0 spiro atoms. The summed E-state index contributed by atoms with van der Waals surface area (Å²) in [5.41, 5.74) is 2.98. The number of aromatic nitrogens is 1. The average Bonchev–Trinajstić information content (AvgIpc) is 2.38. The maximum absolute atomic E-state index is 11.0. The van der Waals surface area contributed by atoms with Gasteiger partial charge in [-0.25, -0.2) is 4.79 Å². The van der Waals surface area contributed by atoms with Gasteiger partial charge in [0.25, 0.3) is 0 Å². The minimum atomic E-state index is -0.942. The first-order chi connectivity index (χ1) is 8.60. The van der Waals surface area contributed by atoms with E-state index >= 15 is 0 Å². The van der Waals surface area contributed by atoms with E-state index in [1.165, 1.54) is 0 Å². The lowest BCUT2D eigenvalue weighted by molar-refractivity contribution is 0.0697. The van der Waals surface area contributed by atoms with Crippen LogP contribution in [-0.4, -0.2) is 16.1 Å². The van der Waals surface area contributed by atoms with Crippen molar-refractivity contribution in [1.82, 2.24) is 4.98 Å². The van der Waals surface area contributed by atoms with E-state index < -0.39 is 5.97 Å². The molecule has 0 unspecified atom stereocenters. The minimum Gasteiger partial charge on any atom is -0.478 e. The van der Waals surface area contributed by atoms with Crippen molar-refractivity contribution in [3.05, 3.63) is 52.1 Å². The zero-order valence-corrected chi connectivity index (χ0v) is 11.4. The molecule has 0 amide bonds. The molecule has 1 N–H and O–H groups in total. The molecule has 0 atom stereocenters. The van der Waals surface area contributed by atoms with Crippen LogP contribution in [0.25, 0.3) is 11.3 Å². The Labute approximate surface area is 114 Å². The SMILES string of the molecule is CCc1ccc(-c2cc(Br)cc(C(=O)O)c2)nc1. The summed E-state index contributed by atoms with van der Waals surface area (Å²) in [6.45, 7) is 2.07. The number of aryl methyl sites for hydroxylation is 1. The summed E-state index contributed by atoms with van der Waals surface area (Å²) in [6.07, 6.45) is 2.75. The number of hydrogen-bond donors (Lipinski definition) is 1. The molecule has 1 heterocycles. The summed E-state index contributed by atoms with van der Waals surface area (Å²) < 4.78 is 0.735. The predicted molar refractivity (Wildman–Crippen MR) is 73.7 cm³/mol. The standard InChI is InChI=1S/C14H12BrNO2/c1-2-9-3-4-13(16-8-9)10-5-11(14(17)18)7-12(15)6-10/h3-8H,2H2,1H3,(H,17,18). The third-order valence-electron chi connectivity index (χ3n) is 2.67. The highest BCUT2D eigenvalue weighted by Gasteiger charge is 2.08. The van der Waals surface area contributed by atoms with Crippen molar-refractivity contribution in [2.24, 2.45) is 0 Å². The monoisotopic (exact) mass is 305 g/mol. The van der Waals surface area contributed by atoms with Crippen LogP contribution in [-0.2, 0) is 6.42 Å². The van der Waals surface area contributed by atoms with Crippen LogP contribution in [0.2, 0.25) is 0 Å². The highest BCUT2D eigenvalue weighted by molar-refractivity contribution is 9.10. The molecule has 0 saturated carbocycles. The number of carbonyl (C=O) groups is 1. The minimum absolute atomic E-state index is 0.251. The van der Waals surface area contributed by atoms with Crippen molar-refractivity contribution in [2.45, 2.75) is 13.3 Å². The van der Waals surface area contributed by atoms with Gasteiger partial charge in [-0.1, -0.05) is 28.9 Å². The largest absolute Gasteiger partial charge is 0.478 e. The average molecular weight is 306 g/mol. The second-order valence-electron chi connectivity index (χ2n) is 3.94. The van der Waals surface area contributed by atoms with E-state index in [1.54, 1.807) is 12.1 Å². The number of hydrogen-bond acceptors (Lipinski definition) is 2. The van der Waals surface area contributed by atoms with Gasteiger partial charge in [0, 0.05) is 16.2 Å². The third kappa shape index (κ3) is 2.76. The van der Waals surface area contributed by atoms with E-state index in [0.717, 1.165) is 27.7 Å². The Bertz CT molecular complexity index is 579. The quantitative estimate of drug-likeness (QED) is 0.939. The number of pyridine rings is 1. The van der Waals surface area contributed by atoms with Gasteiger partial charge in [-0.05, 0) is 36.2 Å². The van der Waals surface area contributed by atoms with Crippen molar-refractivity contribution in [3.63, 3.8) is 0 Å². The number of carboxylic acid groups (broad SMARTS) is 1. The summed E-state index contributed by atoms with van der Waals surface area (Å²) in [5, 5.41) is 9.02. The van der Waals surface area contributed by atoms with Crippen molar-refractivity contribution >= 4 is 21.9 Å². The Morgan fingerprint density at radius 3 is 2.67 bits per heavy atom. The van der Waals surface area contributed by atoms with E-state index in [1.807, 2.05) is 24.4 Å². The molecule has 92 valence electrons. The third-order valence-corrected chi connectivity index (χ3v) is 3.13. The molecule has 0 radical (unpaired) electrons. The van der Waals surface area contributed by atoms with E-state index in [0.29, 0.717) is 0 Å². The maximum atomic E-state index is 11.0. The van der Waals surface area contributed by atoms with E-state index in [9.17, 15) is 4.79 Å². The van der Waals surface area contributed by atoms with Gasteiger partial charge in [-0.2, -0.15) is 0 Å². The van der Waals surface area contributed by atoms with E-state index in [2.05, 4.69) is 27.8 Å². The van der Waals surface area contributed by atoms with Crippen molar-refractivity contribution < 1.29 is 9.90 Å². The maximum Gasteiger partial charge on any atom is 0.335 e. The summed E-state index contributed by atoms with van der Waals surface area (Å²) in [4.78, 5) is 15.3. The van der Waals surface area contributed by atoms with E-state index in [-0.39, 0.29) is 5.56 Å². The smallest absolute Gasteiger partial charge is 0.335 e. The number of benzene rings is 1. The first kappa shape index (κ1) is 12.8. The number of halogens is 1. The first-order valence-corrected chi connectivity index (χ1v) is 6.38. The molecule has 18 heavy (non-hydrogen) atoms. The highest BCUT2D eigenvalue weighted by atomic mass is 79.9. The second kappa shape index (κ2) is 5.31. The van der Waals surface area contributed by atoms with Gasteiger partial charge in [0.15, 0.2) is 0 Å². The Morgan fingerprint density at radius 1 is 1.33 bits per heavy atom. The Kier molecular flexibility index (Phi) is 3.77. The molecule has 1 aromatic heterocycles.